The van der Waals surface area contributed by atoms with E-state index in [1.807, 2.05) is 6.07 Å². The molecule has 3 nitrogen and oxygen atoms in total. The number of furan rings is 1. The first-order valence-corrected chi connectivity index (χ1v) is 23.0. The van der Waals surface area contributed by atoms with Gasteiger partial charge in [-0.1, -0.05) is 177 Å². The van der Waals surface area contributed by atoms with Crippen molar-refractivity contribution >= 4 is 28.0 Å². The van der Waals surface area contributed by atoms with Crippen LogP contribution in [0.25, 0.3) is 55.7 Å². The first kappa shape index (κ1) is 36.6. The number of anilines is 3. The summed E-state index contributed by atoms with van der Waals surface area (Å²) < 4.78 is 13.6. The van der Waals surface area contributed by atoms with Gasteiger partial charge in [0.1, 0.15) is 22.8 Å². The lowest BCUT2D eigenvalue weighted by Gasteiger charge is -2.40. The van der Waals surface area contributed by atoms with Gasteiger partial charge in [0.25, 0.3) is 0 Å². The highest BCUT2D eigenvalue weighted by molar-refractivity contribution is 6.02. The standard InChI is InChI=1S/C62H43NO2/c1-2-17-41(18-3-1)60-58(47-22-7-12-29-55(47)65-60)40-31-33-42(34-32-40)63(54-28-16-27-52-59(54)46-21-6-8-23-48(46)61(52)37-14-15-38-61)43-35-36-57-53(39-43)62(51-26-11-13-30-56(51)64-57)49-24-9-4-19-44(49)45-20-5-10-25-50(45)62/h1-13,16-36,39H,14-15,37-38H2. The first-order valence-electron chi connectivity index (χ1n) is 23.0. The van der Waals surface area contributed by atoms with Gasteiger partial charge in [0.15, 0.2) is 0 Å². The first-order chi connectivity index (χ1) is 32.2. The van der Waals surface area contributed by atoms with E-state index in [2.05, 4.69) is 211 Å². The highest BCUT2D eigenvalue weighted by atomic mass is 16.5. The zero-order valence-corrected chi connectivity index (χ0v) is 35.8. The number of nitrogens with zero attached hydrogens (tertiary/aromatic N) is 1. The van der Waals surface area contributed by atoms with Gasteiger partial charge in [0.05, 0.1) is 11.1 Å². The summed E-state index contributed by atoms with van der Waals surface area (Å²) in [5, 5.41) is 1.10. The predicted octanol–water partition coefficient (Wildman–Crippen LogP) is 16.5. The van der Waals surface area contributed by atoms with Crippen LogP contribution in [-0.4, -0.2) is 0 Å². The molecule has 0 N–H and O–H groups in total. The third kappa shape index (κ3) is 5.01. The monoisotopic (exact) mass is 833 g/mol. The topological polar surface area (TPSA) is 25.6 Å². The third-order valence-electron chi connectivity index (χ3n) is 15.1. The molecule has 1 aliphatic heterocycles. The highest BCUT2D eigenvalue weighted by Gasteiger charge is 2.51. The van der Waals surface area contributed by atoms with Crippen molar-refractivity contribution in [2.45, 2.75) is 36.5 Å². The smallest absolute Gasteiger partial charge is 0.143 e. The summed E-state index contributed by atoms with van der Waals surface area (Å²) in [6, 6.07) is 77.8. The number of rotatable bonds is 5. The van der Waals surface area contributed by atoms with Crippen LogP contribution in [-0.2, 0) is 10.8 Å². The molecule has 1 aromatic heterocycles. The van der Waals surface area contributed by atoms with Gasteiger partial charge in [0.2, 0.25) is 0 Å². The molecule has 2 spiro atoms. The summed E-state index contributed by atoms with van der Waals surface area (Å²) in [4.78, 5) is 2.51. The molecule has 0 amide bonds. The summed E-state index contributed by atoms with van der Waals surface area (Å²) in [5.41, 5.74) is 20.0. The van der Waals surface area contributed by atoms with Gasteiger partial charge in [-0.3, -0.25) is 0 Å². The maximum Gasteiger partial charge on any atom is 0.143 e. The van der Waals surface area contributed by atoms with Crippen LogP contribution in [0.3, 0.4) is 0 Å². The lowest BCUT2D eigenvalue weighted by molar-refractivity contribution is 0.436. The number of benzene rings is 9. The molecule has 1 saturated carbocycles. The Morgan fingerprint density at radius 2 is 1.00 bits per heavy atom. The fraction of sp³-hybridized carbons (Fsp3) is 0.0968. The van der Waals surface area contributed by atoms with Crippen molar-refractivity contribution < 1.29 is 9.15 Å². The molecule has 0 bridgehead atoms. The van der Waals surface area contributed by atoms with Crippen LogP contribution >= 0.6 is 0 Å². The molecule has 65 heavy (non-hydrogen) atoms. The summed E-state index contributed by atoms with van der Waals surface area (Å²) in [6.45, 7) is 0. The molecule has 2 heterocycles. The minimum absolute atomic E-state index is 0.0301. The molecule has 4 aliphatic rings. The van der Waals surface area contributed by atoms with Crippen LogP contribution in [0.15, 0.2) is 217 Å². The van der Waals surface area contributed by atoms with Crippen molar-refractivity contribution in [3.63, 3.8) is 0 Å². The van der Waals surface area contributed by atoms with Crippen molar-refractivity contribution in [2.24, 2.45) is 0 Å². The molecule has 9 aromatic carbocycles. The molecule has 0 unspecified atom stereocenters. The Bertz CT molecular complexity index is 3490. The van der Waals surface area contributed by atoms with Gasteiger partial charge >= 0.3 is 0 Å². The molecule has 0 saturated heterocycles. The van der Waals surface area contributed by atoms with Crippen molar-refractivity contribution in [1.82, 2.24) is 0 Å². The fourth-order valence-electron chi connectivity index (χ4n) is 12.5. The number of para-hydroxylation sites is 2. The van der Waals surface area contributed by atoms with Gasteiger partial charge in [0, 0.05) is 50.0 Å². The molecule has 3 heteroatoms. The Balaban J connectivity index is 1.02. The van der Waals surface area contributed by atoms with Crippen molar-refractivity contribution in [3.8, 4) is 56.2 Å². The van der Waals surface area contributed by atoms with Crippen molar-refractivity contribution in [3.05, 3.63) is 246 Å². The molecule has 0 atom stereocenters. The van der Waals surface area contributed by atoms with E-state index in [4.69, 9.17) is 9.15 Å². The minimum Gasteiger partial charge on any atom is -0.457 e. The van der Waals surface area contributed by atoms with E-state index < -0.39 is 5.41 Å². The highest BCUT2D eigenvalue weighted by Crippen LogP contribution is 2.64. The molecular formula is C62H43NO2. The van der Waals surface area contributed by atoms with E-state index in [0.717, 1.165) is 67.4 Å². The molecular weight excluding hydrogens is 791 g/mol. The molecule has 10 aromatic rings. The van der Waals surface area contributed by atoms with Gasteiger partial charge in [-0.15, -0.1) is 0 Å². The minimum atomic E-state index is -0.585. The molecule has 1 fully saturated rings. The Labute approximate surface area is 378 Å². The predicted molar refractivity (Wildman–Crippen MR) is 264 cm³/mol. The van der Waals surface area contributed by atoms with Gasteiger partial charge < -0.3 is 14.1 Å². The van der Waals surface area contributed by atoms with Gasteiger partial charge in [-0.25, -0.2) is 0 Å². The molecule has 308 valence electrons. The molecule has 14 rings (SSSR count). The summed E-state index contributed by atoms with van der Waals surface area (Å²) >= 11 is 0. The van der Waals surface area contributed by atoms with E-state index in [1.54, 1.807) is 0 Å². The average Bonchev–Trinajstić information content (AvgIpc) is 4.15. The van der Waals surface area contributed by atoms with Crippen LogP contribution in [0.5, 0.6) is 11.5 Å². The average molecular weight is 834 g/mol. The SMILES string of the molecule is c1ccc(-c2oc3ccccc3c2-c2ccc(N(c3ccc4c(c3)C3(c5ccccc5O4)c4ccccc4-c4ccccc43)c3cccc4c3-c3ccccc3C43CCCC3)cc2)cc1. The van der Waals surface area contributed by atoms with Crippen LogP contribution in [0.4, 0.5) is 17.1 Å². The number of fused-ring (bicyclic) bond motifs is 15. The Morgan fingerprint density at radius 3 is 1.77 bits per heavy atom. The Hall–Kier alpha value is -7.88. The lowest BCUT2D eigenvalue weighted by Crippen LogP contribution is -2.32. The Morgan fingerprint density at radius 1 is 0.400 bits per heavy atom. The second kappa shape index (κ2) is 13.8. The lowest BCUT2D eigenvalue weighted by atomic mass is 9.66. The van der Waals surface area contributed by atoms with Crippen molar-refractivity contribution in [2.75, 3.05) is 4.90 Å². The maximum absolute atomic E-state index is 6.94. The van der Waals surface area contributed by atoms with Gasteiger partial charge in [-0.05, 0) is 106 Å². The van der Waals surface area contributed by atoms with Gasteiger partial charge in [-0.2, -0.15) is 0 Å². The van der Waals surface area contributed by atoms with Crippen LogP contribution in [0.1, 0.15) is 59.1 Å². The van der Waals surface area contributed by atoms with Crippen LogP contribution in [0.2, 0.25) is 0 Å². The zero-order chi connectivity index (χ0) is 42.7. The second-order valence-corrected chi connectivity index (χ2v) is 18.2. The van der Waals surface area contributed by atoms with Crippen LogP contribution in [0, 0.1) is 0 Å². The summed E-state index contributed by atoms with van der Waals surface area (Å²) in [5.74, 6) is 2.66. The third-order valence-corrected chi connectivity index (χ3v) is 15.1. The van der Waals surface area contributed by atoms with Crippen molar-refractivity contribution in [1.29, 1.82) is 0 Å². The summed E-state index contributed by atoms with van der Waals surface area (Å²) in [7, 11) is 0. The fourth-order valence-corrected chi connectivity index (χ4v) is 12.5. The molecule has 0 radical (unpaired) electrons. The number of hydrogen-bond donors (Lipinski definition) is 0. The van der Waals surface area contributed by atoms with E-state index in [0.29, 0.717) is 0 Å². The molecule has 3 aliphatic carbocycles. The summed E-state index contributed by atoms with van der Waals surface area (Å²) in [6.07, 6.45) is 4.84. The quantitative estimate of drug-likeness (QED) is 0.173. The number of hydrogen-bond acceptors (Lipinski definition) is 3. The normalized spacial score (nSPS) is 15.2. The zero-order valence-electron chi connectivity index (χ0n) is 35.8. The second-order valence-electron chi connectivity index (χ2n) is 18.2. The van der Waals surface area contributed by atoms with E-state index in [9.17, 15) is 0 Å². The maximum atomic E-state index is 6.94. The Kier molecular flexibility index (Phi) is 7.77. The van der Waals surface area contributed by atoms with E-state index >= 15 is 0 Å². The van der Waals surface area contributed by atoms with Crippen LogP contribution < -0.4 is 9.64 Å². The van der Waals surface area contributed by atoms with E-state index in [-0.39, 0.29) is 5.41 Å². The van der Waals surface area contributed by atoms with E-state index in [1.165, 1.54) is 75.9 Å². The largest absolute Gasteiger partial charge is 0.457 e. The number of ether oxygens (including phenoxy) is 1.